The van der Waals surface area contributed by atoms with Gasteiger partial charge >= 0.3 is 23.3 Å². The molecule has 2 N–H and O–H groups in total. The predicted octanol–water partition coefficient (Wildman–Crippen LogP) is 0.0499. The average molecular weight is 269 g/mol. The third-order valence-electron chi connectivity index (χ3n) is 2.28. The molecule has 0 spiro atoms. The fourth-order valence-electron chi connectivity index (χ4n) is 1.42. The quantitative estimate of drug-likeness (QED) is 0.461. The minimum atomic E-state index is -0.644. The fourth-order valence-corrected chi connectivity index (χ4v) is 1.42. The van der Waals surface area contributed by atoms with Gasteiger partial charge in [-0.15, -0.1) is 0 Å². The Balaban J connectivity index is 3.28. The molecule has 0 saturated carbocycles. The van der Waals surface area contributed by atoms with Gasteiger partial charge in [0.25, 0.3) is 0 Å². The van der Waals surface area contributed by atoms with Crippen LogP contribution in [0.5, 0.6) is 5.75 Å². The van der Waals surface area contributed by atoms with Gasteiger partial charge in [0.2, 0.25) is 0 Å². The molecule has 0 amide bonds. The maximum atomic E-state index is 11.7. The Hall–Kier alpha value is -2.31. The van der Waals surface area contributed by atoms with Gasteiger partial charge in [-0.3, -0.25) is 0 Å². The van der Waals surface area contributed by atoms with Gasteiger partial charge in [-0.2, -0.15) is 0 Å². The number of hydrogen-bond acceptors (Lipinski definition) is 6. The molecule has 1 rings (SSSR count). The third-order valence-corrected chi connectivity index (χ3v) is 2.28. The smallest absolute Gasteiger partial charge is 0.406 e. The van der Waals surface area contributed by atoms with Crippen LogP contribution >= 0.6 is 0 Å². The Bertz CT molecular complexity index is 448. The van der Waals surface area contributed by atoms with Gasteiger partial charge in [0.05, 0.1) is 32.5 Å². The number of aromatic nitrogens is 1. The highest BCUT2D eigenvalue weighted by Crippen LogP contribution is 2.13. The number of hydrogen-bond donors (Lipinski definition) is 1. The zero-order valence-corrected chi connectivity index (χ0v) is 11.1. The van der Waals surface area contributed by atoms with Crippen molar-refractivity contribution in [3.8, 4) is 5.75 Å². The summed E-state index contributed by atoms with van der Waals surface area (Å²) in [6, 6.07) is 2.78. The summed E-state index contributed by atoms with van der Waals surface area (Å²) in [5.74, 6) is 4.75. The molecule has 0 aliphatic carbocycles. The van der Waals surface area contributed by atoms with Crippen molar-refractivity contribution in [1.29, 1.82) is 0 Å². The summed E-state index contributed by atoms with van der Waals surface area (Å²) in [5.41, 5.74) is 0.00788. The Labute approximate surface area is 110 Å². The van der Waals surface area contributed by atoms with E-state index in [1.807, 2.05) is 0 Å². The molecule has 1 aromatic rings. The first-order chi connectivity index (χ1) is 9.04. The van der Waals surface area contributed by atoms with Crippen LogP contribution in [-0.4, -0.2) is 32.3 Å². The third kappa shape index (κ3) is 3.34. The summed E-state index contributed by atoms with van der Waals surface area (Å²) in [5, 5.41) is 0. The molecule has 1 aromatic heterocycles. The van der Waals surface area contributed by atoms with Crippen molar-refractivity contribution in [2.45, 2.75) is 13.8 Å². The van der Waals surface area contributed by atoms with E-state index in [4.69, 9.17) is 20.1 Å². The van der Waals surface area contributed by atoms with E-state index in [9.17, 15) is 9.59 Å². The number of nitrogens with two attached hydrogens (primary N) is 1. The molecule has 104 valence electrons. The van der Waals surface area contributed by atoms with Crippen LogP contribution < -0.4 is 15.3 Å². The predicted molar refractivity (Wildman–Crippen MR) is 65.3 cm³/mol. The molecule has 0 bridgehead atoms. The molecule has 0 aliphatic heterocycles. The Morgan fingerprint density at radius 1 is 1.11 bits per heavy atom. The summed E-state index contributed by atoms with van der Waals surface area (Å²) in [4.78, 5) is 23.5. The zero-order chi connectivity index (χ0) is 14.4. The van der Waals surface area contributed by atoms with Crippen LogP contribution in [0.2, 0.25) is 0 Å². The maximum Gasteiger partial charge on any atom is 0.406 e. The van der Waals surface area contributed by atoms with Crippen molar-refractivity contribution in [2.75, 3.05) is 26.2 Å². The van der Waals surface area contributed by atoms with Gasteiger partial charge in [0.1, 0.15) is 5.75 Å². The molecular formula is C12H17N2O5+. The minimum Gasteiger partial charge on any atom is -0.496 e. The lowest BCUT2D eigenvalue weighted by Crippen LogP contribution is -2.54. The molecule has 0 aromatic carbocycles. The zero-order valence-electron chi connectivity index (χ0n) is 11.1. The molecule has 0 radical (unpaired) electrons. The Morgan fingerprint density at radius 2 is 1.53 bits per heavy atom. The molecule has 0 unspecified atom stereocenters. The van der Waals surface area contributed by atoms with Gasteiger partial charge in [-0.05, 0) is 13.8 Å². The summed E-state index contributed by atoms with van der Waals surface area (Å²) in [6.07, 6.45) is 0. The number of methoxy groups -OCH3 is 1. The van der Waals surface area contributed by atoms with Gasteiger partial charge in [-0.1, -0.05) is 4.68 Å². The normalized spacial score (nSPS) is 9.84. The second-order valence-corrected chi connectivity index (χ2v) is 3.48. The first kappa shape index (κ1) is 14.7. The van der Waals surface area contributed by atoms with Crippen molar-refractivity contribution in [1.82, 2.24) is 0 Å². The molecule has 0 fully saturated rings. The molecule has 0 saturated heterocycles. The highest BCUT2D eigenvalue weighted by atomic mass is 16.5. The largest absolute Gasteiger partial charge is 0.496 e. The molecule has 1 heterocycles. The molecule has 7 heteroatoms. The summed E-state index contributed by atoms with van der Waals surface area (Å²) in [7, 11) is 1.42. The lowest BCUT2D eigenvalue weighted by Gasteiger charge is -2.06. The van der Waals surface area contributed by atoms with Crippen LogP contribution in [0.1, 0.15) is 34.8 Å². The van der Waals surface area contributed by atoms with E-state index in [2.05, 4.69) is 0 Å². The lowest BCUT2D eigenvalue weighted by molar-refractivity contribution is -0.644. The topological polar surface area (TPSA) is 91.7 Å². The van der Waals surface area contributed by atoms with Gasteiger partial charge in [0, 0.05) is 0 Å². The molecular weight excluding hydrogens is 252 g/mol. The van der Waals surface area contributed by atoms with Crippen LogP contribution in [0.15, 0.2) is 12.1 Å². The maximum absolute atomic E-state index is 11.7. The number of rotatable bonds is 5. The Morgan fingerprint density at radius 3 is 1.84 bits per heavy atom. The first-order valence-corrected chi connectivity index (χ1v) is 5.78. The number of nitrogen functional groups attached to an aromatic ring is 1. The Kier molecular flexibility index (Phi) is 5.11. The van der Waals surface area contributed by atoms with Crippen molar-refractivity contribution in [3.05, 3.63) is 23.5 Å². The second kappa shape index (κ2) is 6.58. The monoisotopic (exact) mass is 269 g/mol. The van der Waals surface area contributed by atoms with Gasteiger partial charge in [0.15, 0.2) is 0 Å². The van der Waals surface area contributed by atoms with Crippen LogP contribution in [0.4, 0.5) is 0 Å². The number of esters is 2. The van der Waals surface area contributed by atoms with E-state index >= 15 is 0 Å². The second-order valence-electron chi connectivity index (χ2n) is 3.48. The van der Waals surface area contributed by atoms with E-state index in [0.717, 1.165) is 4.68 Å². The molecule has 7 nitrogen and oxygen atoms in total. The van der Waals surface area contributed by atoms with Crippen molar-refractivity contribution in [2.24, 2.45) is 0 Å². The van der Waals surface area contributed by atoms with Crippen molar-refractivity contribution < 1.29 is 28.5 Å². The van der Waals surface area contributed by atoms with Crippen LogP contribution in [0, 0.1) is 0 Å². The van der Waals surface area contributed by atoms with Crippen LogP contribution in [0.25, 0.3) is 0 Å². The summed E-state index contributed by atoms with van der Waals surface area (Å²) in [6.45, 7) is 3.74. The standard InChI is InChI=1S/C12H16N2O5/c1-4-18-11(15)9-6-8(17-3)7-10(14(9)13)12(16)19-5-2/h6-7H,4-5H2,1-3H3,(H-,13,15,16)/p+1. The SMILES string of the molecule is CCOC(=O)c1cc(OC)cc(C(=O)OCC)[n+]1N. The van der Waals surface area contributed by atoms with Crippen molar-refractivity contribution in [3.63, 3.8) is 0 Å². The highest BCUT2D eigenvalue weighted by Gasteiger charge is 2.30. The first-order valence-electron chi connectivity index (χ1n) is 5.78. The molecule has 19 heavy (non-hydrogen) atoms. The number of carbonyl (C=O) groups excluding carboxylic acids is 2. The van der Waals surface area contributed by atoms with Crippen LogP contribution in [-0.2, 0) is 9.47 Å². The van der Waals surface area contributed by atoms with E-state index < -0.39 is 11.9 Å². The number of ether oxygens (including phenoxy) is 3. The fraction of sp³-hybridized carbons (Fsp3) is 0.417. The van der Waals surface area contributed by atoms with E-state index in [1.54, 1.807) is 13.8 Å². The molecule has 0 atom stereocenters. The van der Waals surface area contributed by atoms with Crippen LogP contribution in [0.3, 0.4) is 0 Å². The van der Waals surface area contributed by atoms with Gasteiger partial charge in [-0.25, -0.2) is 15.4 Å². The van der Waals surface area contributed by atoms with E-state index in [0.29, 0.717) is 5.75 Å². The van der Waals surface area contributed by atoms with E-state index in [1.165, 1.54) is 19.2 Å². The van der Waals surface area contributed by atoms with Gasteiger partial charge < -0.3 is 14.2 Å². The number of carbonyl (C=O) groups is 2. The summed E-state index contributed by atoms with van der Waals surface area (Å²) >= 11 is 0. The lowest BCUT2D eigenvalue weighted by atomic mass is 10.2. The van der Waals surface area contributed by atoms with E-state index in [-0.39, 0.29) is 24.6 Å². The summed E-state index contributed by atoms with van der Waals surface area (Å²) < 4.78 is 15.7. The number of nitrogens with zero attached hydrogens (tertiary/aromatic N) is 1. The highest BCUT2D eigenvalue weighted by molar-refractivity contribution is 5.89. The molecule has 0 aliphatic rings. The van der Waals surface area contributed by atoms with Crippen molar-refractivity contribution >= 4 is 11.9 Å². The average Bonchev–Trinajstić information content (AvgIpc) is 2.39. The minimum absolute atomic E-state index is 0.00394. The number of pyridine rings is 1.